The molecule has 0 bridgehead atoms. The Bertz CT molecular complexity index is 656. The Kier molecular flexibility index (Phi) is 3.06. The van der Waals surface area contributed by atoms with Crippen molar-refractivity contribution in [1.29, 1.82) is 0 Å². The predicted molar refractivity (Wildman–Crippen MR) is 71.8 cm³/mol. The summed E-state index contributed by atoms with van der Waals surface area (Å²) in [4.78, 5) is 4.01. The third-order valence-corrected chi connectivity index (χ3v) is 3.10. The SMILES string of the molecule is C=c1c(C)c(O)/c(=C/c2cccnc2)c(C)c1O. The van der Waals surface area contributed by atoms with E-state index in [-0.39, 0.29) is 11.5 Å². The standard InChI is InChI=1S/C15H15NO2/c1-9-10(2)15(18)13(11(3)14(9)17)7-12-5-4-6-16-8-12/h4-8,17-18H,1H2,2-3H3/b13-7+. The molecule has 18 heavy (non-hydrogen) atoms. The molecule has 1 aromatic carbocycles. The summed E-state index contributed by atoms with van der Waals surface area (Å²) in [5.41, 5.74) is 2.08. The van der Waals surface area contributed by atoms with E-state index in [1.807, 2.05) is 12.1 Å². The minimum Gasteiger partial charge on any atom is -0.507 e. The van der Waals surface area contributed by atoms with E-state index in [0.717, 1.165) is 5.56 Å². The number of benzene rings is 1. The van der Waals surface area contributed by atoms with Gasteiger partial charge in [-0.25, -0.2) is 0 Å². The van der Waals surface area contributed by atoms with E-state index in [0.29, 0.717) is 21.6 Å². The van der Waals surface area contributed by atoms with Gasteiger partial charge in [-0.05, 0) is 31.6 Å². The monoisotopic (exact) mass is 241 g/mol. The number of phenols is 2. The number of pyridine rings is 1. The molecular weight excluding hydrogens is 226 g/mol. The van der Waals surface area contributed by atoms with Gasteiger partial charge in [0.15, 0.2) is 0 Å². The fraction of sp³-hybridized carbons (Fsp3) is 0.133. The van der Waals surface area contributed by atoms with Crippen LogP contribution in [-0.4, -0.2) is 15.2 Å². The van der Waals surface area contributed by atoms with Gasteiger partial charge in [0.2, 0.25) is 0 Å². The van der Waals surface area contributed by atoms with Crippen LogP contribution in [0.25, 0.3) is 12.7 Å². The second-order valence-corrected chi connectivity index (χ2v) is 4.27. The minimum atomic E-state index is 0.125. The van der Waals surface area contributed by atoms with Crippen molar-refractivity contribution >= 4 is 12.7 Å². The highest BCUT2D eigenvalue weighted by Gasteiger charge is 2.08. The number of hydrogen-bond donors (Lipinski definition) is 2. The summed E-state index contributed by atoms with van der Waals surface area (Å²) in [6.45, 7) is 7.24. The zero-order valence-electron chi connectivity index (χ0n) is 10.4. The van der Waals surface area contributed by atoms with Gasteiger partial charge in [-0.3, -0.25) is 4.98 Å². The van der Waals surface area contributed by atoms with Crippen LogP contribution in [0.2, 0.25) is 0 Å². The highest BCUT2D eigenvalue weighted by Crippen LogP contribution is 2.15. The van der Waals surface area contributed by atoms with E-state index in [9.17, 15) is 10.2 Å². The zero-order chi connectivity index (χ0) is 13.3. The molecule has 3 nitrogen and oxygen atoms in total. The molecule has 0 saturated heterocycles. The van der Waals surface area contributed by atoms with Gasteiger partial charge in [-0.2, -0.15) is 0 Å². The fourth-order valence-electron chi connectivity index (χ4n) is 1.86. The average molecular weight is 241 g/mol. The van der Waals surface area contributed by atoms with Gasteiger partial charge in [0, 0.05) is 34.0 Å². The summed E-state index contributed by atoms with van der Waals surface area (Å²) in [6.07, 6.45) is 5.18. The molecule has 0 aliphatic rings. The molecule has 0 aliphatic carbocycles. The van der Waals surface area contributed by atoms with Gasteiger partial charge in [0.1, 0.15) is 11.5 Å². The molecule has 0 aliphatic heterocycles. The van der Waals surface area contributed by atoms with Crippen molar-refractivity contribution in [3.63, 3.8) is 0 Å². The molecule has 0 fully saturated rings. The highest BCUT2D eigenvalue weighted by atomic mass is 16.3. The normalized spacial score (nSPS) is 11.8. The largest absolute Gasteiger partial charge is 0.507 e. The maximum atomic E-state index is 10.1. The first-order valence-corrected chi connectivity index (χ1v) is 5.64. The predicted octanol–water partition coefficient (Wildman–Crippen LogP) is 1.35. The van der Waals surface area contributed by atoms with Crippen LogP contribution in [0.5, 0.6) is 11.5 Å². The first-order chi connectivity index (χ1) is 8.52. The lowest BCUT2D eigenvalue weighted by Gasteiger charge is -2.07. The van der Waals surface area contributed by atoms with Gasteiger partial charge in [0.05, 0.1) is 0 Å². The van der Waals surface area contributed by atoms with Crippen LogP contribution >= 0.6 is 0 Å². The Labute approximate surface area is 105 Å². The van der Waals surface area contributed by atoms with E-state index in [4.69, 9.17) is 0 Å². The summed E-state index contributed by atoms with van der Waals surface area (Å²) in [5, 5.41) is 21.2. The molecule has 0 spiro atoms. The Morgan fingerprint density at radius 2 is 1.89 bits per heavy atom. The van der Waals surface area contributed by atoms with Gasteiger partial charge in [-0.1, -0.05) is 12.6 Å². The molecule has 2 rings (SSSR count). The molecule has 0 amide bonds. The van der Waals surface area contributed by atoms with Gasteiger partial charge < -0.3 is 10.2 Å². The molecule has 92 valence electrons. The van der Waals surface area contributed by atoms with Crippen molar-refractivity contribution in [3.05, 3.63) is 51.7 Å². The summed E-state index contributed by atoms with van der Waals surface area (Å²) in [5.74, 6) is 0.277. The lowest BCUT2D eigenvalue weighted by molar-refractivity contribution is 0.445. The van der Waals surface area contributed by atoms with Crippen molar-refractivity contribution in [1.82, 2.24) is 4.98 Å². The third-order valence-electron chi connectivity index (χ3n) is 3.10. The maximum absolute atomic E-state index is 10.1. The van der Waals surface area contributed by atoms with Gasteiger partial charge in [0.25, 0.3) is 0 Å². The first-order valence-electron chi connectivity index (χ1n) is 5.64. The molecule has 2 N–H and O–H groups in total. The van der Waals surface area contributed by atoms with Crippen molar-refractivity contribution < 1.29 is 10.2 Å². The number of aromatic hydroxyl groups is 2. The average Bonchev–Trinajstić information content (AvgIpc) is 2.40. The molecule has 0 atom stereocenters. The number of nitrogens with zero attached hydrogens (tertiary/aromatic N) is 1. The molecule has 1 heterocycles. The van der Waals surface area contributed by atoms with Crippen LogP contribution in [0.3, 0.4) is 0 Å². The Morgan fingerprint density at radius 1 is 1.17 bits per heavy atom. The van der Waals surface area contributed by atoms with E-state index in [1.54, 1.807) is 32.3 Å². The van der Waals surface area contributed by atoms with Gasteiger partial charge in [-0.15, -0.1) is 0 Å². The van der Waals surface area contributed by atoms with Crippen LogP contribution in [0, 0.1) is 13.8 Å². The number of hydrogen-bond acceptors (Lipinski definition) is 3. The van der Waals surface area contributed by atoms with E-state index < -0.39 is 0 Å². The zero-order valence-corrected chi connectivity index (χ0v) is 10.4. The Balaban J connectivity index is 2.81. The third kappa shape index (κ3) is 1.95. The van der Waals surface area contributed by atoms with Crippen molar-refractivity contribution in [2.24, 2.45) is 0 Å². The maximum Gasteiger partial charge on any atom is 0.126 e. The quantitative estimate of drug-likeness (QED) is 0.741. The topological polar surface area (TPSA) is 53.4 Å². The van der Waals surface area contributed by atoms with Crippen LogP contribution < -0.4 is 10.4 Å². The van der Waals surface area contributed by atoms with Crippen molar-refractivity contribution in [2.45, 2.75) is 13.8 Å². The number of aromatic nitrogens is 1. The van der Waals surface area contributed by atoms with Crippen molar-refractivity contribution in [3.8, 4) is 11.5 Å². The Hall–Kier alpha value is -2.29. The molecule has 0 saturated carbocycles. The summed E-state index contributed by atoms with van der Waals surface area (Å²) in [7, 11) is 0. The lowest BCUT2D eigenvalue weighted by Crippen LogP contribution is -2.17. The molecule has 0 radical (unpaired) electrons. The molecule has 3 heteroatoms. The summed E-state index contributed by atoms with van der Waals surface area (Å²) < 4.78 is 0. The minimum absolute atomic E-state index is 0.125. The second-order valence-electron chi connectivity index (χ2n) is 4.27. The lowest BCUT2D eigenvalue weighted by atomic mass is 10.0. The number of phenolic OH excluding ortho intramolecular Hbond substituents is 2. The smallest absolute Gasteiger partial charge is 0.126 e. The number of rotatable bonds is 1. The van der Waals surface area contributed by atoms with E-state index in [2.05, 4.69) is 11.6 Å². The van der Waals surface area contributed by atoms with E-state index in [1.165, 1.54) is 0 Å². The summed E-state index contributed by atoms with van der Waals surface area (Å²) in [6, 6.07) is 3.71. The van der Waals surface area contributed by atoms with Crippen LogP contribution in [-0.2, 0) is 0 Å². The Morgan fingerprint density at radius 3 is 2.50 bits per heavy atom. The fourth-order valence-corrected chi connectivity index (χ4v) is 1.86. The van der Waals surface area contributed by atoms with Crippen LogP contribution in [0.1, 0.15) is 16.7 Å². The molecule has 0 unspecified atom stereocenters. The molecule has 2 aromatic rings. The van der Waals surface area contributed by atoms with E-state index >= 15 is 0 Å². The summed E-state index contributed by atoms with van der Waals surface area (Å²) >= 11 is 0. The van der Waals surface area contributed by atoms with Crippen molar-refractivity contribution in [2.75, 3.05) is 0 Å². The van der Waals surface area contributed by atoms with Crippen LogP contribution in [0.4, 0.5) is 0 Å². The molecule has 1 aromatic heterocycles. The second kappa shape index (κ2) is 4.53. The molecular formula is C15H15NO2. The van der Waals surface area contributed by atoms with Crippen LogP contribution in [0.15, 0.2) is 24.5 Å². The van der Waals surface area contributed by atoms with Gasteiger partial charge >= 0.3 is 0 Å². The highest BCUT2D eigenvalue weighted by molar-refractivity contribution is 5.57. The first kappa shape index (κ1) is 12.2.